The summed E-state index contributed by atoms with van der Waals surface area (Å²) in [5.74, 6) is -0.762. The second-order valence-electron chi connectivity index (χ2n) is 2.78. The molecule has 0 aromatic carbocycles. The third kappa shape index (κ3) is 3.55. The number of nitrogens with zero attached hydrogens (tertiary/aromatic N) is 2. The zero-order chi connectivity index (χ0) is 11.3. The summed E-state index contributed by atoms with van der Waals surface area (Å²) < 4.78 is 4.80. The number of hydrogen-bond acceptors (Lipinski definition) is 7. The van der Waals surface area contributed by atoms with Crippen LogP contribution in [-0.2, 0) is 9.53 Å². The van der Waals surface area contributed by atoms with Crippen LogP contribution in [0.25, 0.3) is 0 Å². The van der Waals surface area contributed by atoms with Gasteiger partial charge in [-0.05, 0) is 0 Å². The lowest BCUT2D eigenvalue weighted by Gasteiger charge is -2.07. The fourth-order valence-electron chi connectivity index (χ4n) is 0.963. The Bertz CT molecular complexity index is 364. The lowest BCUT2D eigenvalue weighted by atomic mass is 10.1. The van der Waals surface area contributed by atoms with E-state index in [1.165, 1.54) is 24.5 Å². The molecule has 6 nitrogen and oxygen atoms in total. The van der Waals surface area contributed by atoms with Gasteiger partial charge in [-0.3, -0.25) is 4.79 Å². The highest BCUT2D eigenvalue weighted by molar-refractivity contribution is 7.13. The summed E-state index contributed by atoms with van der Waals surface area (Å²) >= 11 is 1.28. The molecule has 0 fully saturated rings. The topological polar surface area (TPSA) is 97.8 Å². The number of carbonyl (C=O) groups excluding carboxylic acids is 1. The van der Waals surface area contributed by atoms with E-state index >= 15 is 0 Å². The summed E-state index contributed by atoms with van der Waals surface area (Å²) in [5.41, 5.74) is 6.08. The van der Waals surface area contributed by atoms with Crippen LogP contribution in [0.3, 0.4) is 0 Å². The van der Waals surface area contributed by atoms with Gasteiger partial charge in [-0.2, -0.15) is 0 Å². The Morgan fingerprint density at radius 3 is 3.13 bits per heavy atom. The number of nitrogens with two attached hydrogens (primary N) is 1. The number of hydrogen-bond donors (Lipinski definition) is 2. The van der Waals surface area contributed by atoms with Gasteiger partial charge in [-0.15, -0.1) is 16.5 Å². The van der Waals surface area contributed by atoms with Gasteiger partial charge < -0.3 is 15.7 Å². The van der Waals surface area contributed by atoms with Crippen molar-refractivity contribution in [2.24, 2.45) is 5.16 Å². The Balaban J connectivity index is 2.69. The summed E-state index contributed by atoms with van der Waals surface area (Å²) in [6.45, 7) is 1.39. The van der Waals surface area contributed by atoms with Crippen molar-refractivity contribution in [2.75, 3.05) is 12.3 Å². The van der Waals surface area contributed by atoms with Crippen LogP contribution in [0.5, 0.6) is 0 Å². The molecule has 0 amide bonds. The summed E-state index contributed by atoms with van der Waals surface area (Å²) in [6.07, 6.45) is 1.25. The van der Waals surface area contributed by atoms with E-state index in [1.807, 2.05) is 0 Å². The van der Waals surface area contributed by atoms with Crippen LogP contribution >= 0.6 is 11.3 Å². The van der Waals surface area contributed by atoms with Crippen LogP contribution in [0.2, 0.25) is 0 Å². The molecule has 82 valence electrons. The molecule has 1 atom stereocenters. The molecular weight excluding hydrogens is 218 g/mol. The quantitative estimate of drug-likeness (QED) is 0.345. The maximum absolute atomic E-state index is 10.6. The Morgan fingerprint density at radius 2 is 2.67 bits per heavy atom. The molecule has 0 radical (unpaired) electrons. The van der Waals surface area contributed by atoms with Crippen molar-refractivity contribution in [3.63, 3.8) is 0 Å². The van der Waals surface area contributed by atoms with E-state index in [9.17, 15) is 4.79 Å². The number of ether oxygens (including phenoxy) is 1. The second-order valence-corrected chi connectivity index (χ2v) is 3.67. The summed E-state index contributed by atoms with van der Waals surface area (Å²) in [5, 5.41) is 13.5. The normalized spacial score (nSPS) is 12.9. The van der Waals surface area contributed by atoms with Gasteiger partial charge >= 0.3 is 5.97 Å². The molecule has 0 saturated heterocycles. The molecule has 0 aliphatic heterocycles. The minimum absolute atomic E-state index is 0.0859. The molecule has 3 N–H and O–H groups in total. The number of nitrogen functional groups attached to an aromatic ring is 1. The minimum Gasteiger partial charge on any atom is -0.465 e. The van der Waals surface area contributed by atoms with Crippen LogP contribution in [0.15, 0.2) is 10.5 Å². The van der Waals surface area contributed by atoms with Crippen LogP contribution < -0.4 is 5.73 Å². The van der Waals surface area contributed by atoms with Gasteiger partial charge in [0.1, 0.15) is 6.61 Å². The van der Waals surface area contributed by atoms with E-state index in [2.05, 4.69) is 10.1 Å². The number of oxime groups is 1. The minimum atomic E-state index is -0.394. The first-order chi connectivity index (χ1) is 7.13. The molecule has 0 saturated carbocycles. The average Bonchev–Trinajstić information content (AvgIpc) is 2.59. The smallest absolute Gasteiger partial charge is 0.302 e. The molecule has 0 aliphatic rings. The predicted molar refractivity (Wildman–Crippen MR) is 56.2 cm³/mol. The van der Waals surface area contributed by atoms with E-state index in [1.54, 1.807) is 5.38 Å². The van der Waals surface area contributed by atoms with Crippen molar-refractivity contribution in [3.05, 3.63) is 11.1 Å². The van der Waals surface area contributed by atoms with E-state index in [-0.39, 0.29) is 12.5 Å². The second kappa shape index (κ2) is 5.30. The van der Waals surface area contributed by atoms with Gasteiger partial charge in [0, 0.05) is 12.3 Å². The molecule has 7 heteroatoms. The van der Waals surface area contributed by atoms with E-state index < -0.39 is 5.97 Å². The monoisotopic (exact) mass is 229 g/mol. The van der Waals surface area contributed by atoms with Gasteiger partial charge in [-0.25, -0.2) is 4.98 Å². The Kier molecular flexibility index (Phi) is 4.04. The average molecular weight is 229 g/mol. The molecule has 1 unspecified atom stereocenters. The zero-order valence-electron chi connectivity index (χ0n) is 8.08. The van der Waals surface area contributed by atoms with Crippen LogP contribution in [-0.4, -0.2) is 29.0 Å². The van der Waals surface area contributed by atoms with Crippen LogP contribution in [0, 0.1) is 0 Å². The third-order valence-electron chi connectivity index (χ3n) is 1.63. The molecular formula is C8H11N3O3S. The molecule has 0 aliphatic carbocycles. The Hall–Kier alpha value is -1.63. The predicted octanol–water partition coefficient (Wildman–Crippen LogP) is 0.832. The van der Waals surface area contributed by atoms with Gasteiger partial charge in [0.25, 0.3) is 0 Å². The number of rotatable bonds is 4. The number of thiazole rings is 1. The zero-order valence-corrected chi connectivity index (χ0v) is 8.90. The van der Waals surface area contributed by atoms with Crippen molar-refractivity contribution in [2.45, 2.75) is 12.8 Å². The van der Waals surface area contributed by atoms with Crippen molar-refractivity contribution in [1.82, 2.24) is 4.98 Å². The number of anilines is 1. The molecule has 15 heavy (non-hydrogen) atoms. The maximum atomic E-state index is 10.6. The van der Waals surface area contributed by atoms with E-state index in [0.29, 0.717) is 10.8 Å². The van der Waals surface area contributed by atoms with Crippen LogP contribution in [0.1, 0.15) is 18.5 Å². The number of esters is 1. The lowest BCUT2D eigenvalue weighted by Crippen LogP contribution is -2.12. The van der Waals surface area contributed by atoms with Crippen molar-refractivity contribution < 1.29 is 14.7 Å². The summed E-state index contributed by atoms with van der Waals surface area (Å²) in [7, 11) is 0. The van der Waals surface area contributed by atoms with Gasteiger partial charge in [0.05, 0.1) is 17.8 Å². The first-order valence-corrected chi connectivity index (χ1v) is 5.03. The fourth-order valence-corrected chi connectivity index (χ4v) is 1.59. The van der Waals surface area contributed by atoms with Gasteiger partial charge in [0.2, 0.25) is 0 Å². The van der Waals surface area contributed by atoms with Gasteiger partial charge in [-0.1, -0.05) is 0 Å². The molecule has 0 spiro atoms. The third-order valence-corrected chi connectivity index (χ3v) is 2.32. The molecule has 0 bridgehead atoms. The van der Waals surface area contributed by atoms with E-state index in [0.717, 1.165) is 0 Å². The lowest BCUT2D eigenvalue weighted by molar-refractivity contribution is -0.141. The van der Waals surface area contributed by atoms with Crippen LogP contribution in [0.4, 0.5) is 5.13 Å². The summed E-state index contributed by atoms with van der Waals surface area (Å²) in [4.78, 5) is 14.6. The SMILES string of the molecule is CC(=O)OCC(/C=N\O)c1csc(N)n1. The van der Waals surface area contributed by atoms with Crippen molar-refractivity contribution in [1.29, 1.82) is 0 Å². The first-order valence-electron chi connectivity index (χ1n) is 4.15. The molecule has 1 heterocycles. The highest BCUT2D eigenvalue weighted by Crippen LogP contribution is 2.19. The molecule has 1 rings (SSSR count). The maximum Gasteiger partial charge on any atom is 0.302 e. The molecule has 1 aromatic heterocycles. The highest BCUT2D eigenvalue weighted by atomic mass is 32.1. The standard InChI is InChI=1S/C8H11N3O3S/c1-5(12)14-3-6(2-10-13)7-4-15-8(9)11-7/h2,4,6,13H,3H2,1H3,(H2,9,11)/b10-2-. The largest absolute Gasteiger partial charge is 0.465 e. The van der Waals surface area contributed by atoms with E-state index in [4.69, 9.17) is 15.7 Å². The summed E-state index contributed by atoms with van der Waals surface area (Å²) in [6, 6.07) is 0. The van der Waals surface area contributed by atoms with Crippen molar-refractivity contribution in [3.8, 4) is 0 Å². The highest BCUT2D eigenvalue weighted by Gasteiger charge is 2.14. The Labute approximate surface area is 90.4 Å². The number of aromatic nitrogens is 1. The van der Waals surface area contributed by atoms with Crippen molar-refractivity contribution >= 4 is 28.7 Å². The Morgan fingerprint density at radius 1 is 1.93 bits per heavy atom. The first kappa shape index (κ1) is 11.4. The van der Waals surface area contributed by atoms with Gasteiger partial charge in [0.15, 0.2) is 5.13 Å². The fraction of sp³-hybridized carbons (Fsp3) is 0.375. The molecule has 1 aromatic rings. The number of carbonyl (C=O) groups is 1.